The van der Waals surface area contributed by atoms with E-state index < -0.39 is 0 Å². The third kappa shape index (κ3) is 0.925. The molecule has 2 nitrogen and oxygen atoms in total. The molecule has 0 aliphatic heterocycles. The molecule has 0 amide bonds. The van der Waals surface area contributed by atoms with Gasteiger partial charge in [0.2, 0.25) is 0 Å². The van der Waals surface area contributed by atoms with Crippen LogP contribution in [0.2, 0.25) is 0 Å². The van der Waals surface area contributed by atoms with Gasteiger partial charge in [-0.05, 0) is 23.9 Å². The second kappa shape index (κ2) is 2.48. The summed E-state index contributed by atoms with van der Waals surface area (Å²) in [7, 11) is 0. The van der Waals surface area contributed by atoms with E-state index >= 15 is 0 Å². The molecular weight excluding hydrogens is 150 g/mol. The molecule has 1 aromatic carbocycles. The Labute approximate surface area is 69.9 Å². The summed E-state index contributed by atoms with van der Waals surface area (Å²) in [5.41, 5.74) is 0.795. The first-order chi connectivity index (χ1) is 5.79. The van der Waals surface area contributed by atoms with Crippen LogP contribution in [0.1, 0.15) is 5.56 Å². The van der Waals surface area contributed by atoms with Crippen LogP contribution in [0.25, 0.3) is 10.8 Å². The maximum atomic E-state index is 11.2. The Balaban J connectivity index is 3.05. The van der Waals surface area contributed by atoms with Crippen molar-refractivity contribution in [1.82, 2.24) is 4.98 Å². The zero-order valence-corrected chi connectivity index (χ0v) is 6.50. The number of aromatic amines is 1. The van der Waals surface area contributed by atoms with Gasteiger partial charge in [0.05, 0.1) is 0 Å². The minimum absolute atomic E-state index is 0.0574. The molecule has 0 saturated carbocycles. The first-order valence-electron chi connectivity index (χ1n) is 3.71. The van der Waals surface area contributed by atoms with Crippen molar-refractivity contribution >= 4 is 10.8 Å². The highest BCUT2D eigenvalue weighted by molar-refractivity contribution is 5.84. The lowest BCUT2D eigenvalue weighted by Crippen LogP contribution is -2.05. The summed E-state index contributed by atoms with van der Waals surface area (Å²) in [6.07, 6.45) is 1.63. The van der Waals surface area contributed by atoms with Crippen LogP contribution in [-0.4, -0.2) is 4.98 Å². The van der Waals surface area contributed by atoms with Gasteiger partial charge < -0.3 is 4.98 Å². The fraction of sp³-hybridized carbons (Fsp3) is 0. The quantitative estimate of drug-likeness (QED) is 0.622. The van der Waals surface area contributed by atoms with Crippen molar-refractivity contribution in [1.29, 1.82) is 0 Å². The highest BCUT2D eigenvalue weighted by Gasteiger charge is 1.98. The van der Waals surface area contributed by atoms with Crippen LogP contribution in [0.3, 0.4) is 0 Å². The van der Waals surface area contributed by atoms with Gasteiger partial charge in [-0.2, -0.15) is 0 Å². The van der Waals surface area contributed by atoms with Crippen LogP contribution in [0.4, 0.5) is 0 Å². The molecule has 2 aromatic rings. The summed E-state index contributed by atoms with van der Waals surface area (Å²) in [4.78, 5) is 13.9. The molecule has 2 heteroatoms. The average Bonchev–Trinajstić information content (AvgIpc) is 2.12. The zero-order chi connectivity index (χ0) is 8.55. The molecule has 0 spiro atoms. The predicted octanol–water partition coefficient (Wildman–Crippen LogP) is 1.71. The molecular formula is C10H8NO. The van der Waals surface area contributed by atoms with Crippen LogP contribution < -0.4 is 5.56 Å². The molecule has 1 aromatic heterocycles. The Hall–Kier alpha value is -1.57. The molecule has 0 bridgehead atoms. The third-order valence-corrected chi connectivity index (χ3v) is 1.90. The highest BCUT2D eigenvalue weighted by Crippen LogP contribution is 2.11. The maximum Gasteiger partial charge on any atom is 0.255 e. The van der Waals surface area contributed by atoms with Gasteiger partial charge in [-0.15, -0.1) is 0 Å². The van der Waals surface area contributed by atoms with Crippen LogP contribution in [0.15, 0.2) is 35.3 Å². The Morgan fingerprint density at radius 1 is 1.17 bits per heavy atom. The Morgan fingerprint density at radius 3 is 2.50 bits per heavy atom. The zero-order valence-electron chi connectivity index (χ0n) is 6.50. The largest absolute Gasteiger partial charge is 0.328 e. The molecule has 0 atom stereocenters. The Bertz CT molecular complexity index is 470. The molecule has 2 rings (SSSR count). The van der Waals surface area contributed by atoms with E-state index in [4.69, 9.17) is 0 Å². The summed E-state index contributed by atoms with van der Waals surface area (Å²) >= 11 is 0. The number of hydrogen-bond acceptors (Lipinski definition) is 1. The minimum atomic E-state index is -0.0574. The molecule has 1 N–H and O–H groups in total. The molecule has 0 aliphatic carbocycles. The minimum Gasteiger partial charge on any atom is -0.328 e. The highest BCUT2D eigenvalue weighted by atomic mass is 16.1. The second-order valence-electron chi connectivity index (χ2n) is 2.69. The summed E-state index contributed by atoms with van der Waals surface area (Å²) in [5, 5.41) is 1.62. The number of nitrogens with one attached hydrogen (secondary N) is 1. The van der Waals surface area contributed by atoms with E-state index in [9.17, 15) is 4.79 Å². The van der Waals surface area contributed by atoms with Gasteiger partial charge in [-0.3, -0.25) is 4.79 Å². The van der Waals surface area contributed by atoms with Gasteiger partial charge in [-0.25, -0.2) is 0 Å². The number of hydrogen-bond donors (Lipinski definition) is 1. The van der Waals surface area contributed by atoms with E-state index in [1.807, 2.05) is 18.2 Å². The lowest BCUT2D eigenvalue weighted by atomic mass is 10.1. The molecule has 0 aliphatic rings. The molecule has 0 saturated heterocycles. The lowest BCUT2D eigenvalue weighted by molar-refractivity contribution is 1.26. The summed E-state index contributed by atoms with van der Waals surface area (Å²) in [6, 6.07) is 7.43. The van der Waals surface area contributed by atoms with E-state index in [2.05, 4.69) is 11.9 Å². The predicted molar refractivity (Wildman–Crippen MR) is 49.0 cm³/mol. The Kier molecular flexibility index (Phi) is 1.47. The smallest absolute Gasteiger partial charge is 0.255 e. The monoisotopic (exact) mass is 158 g/mol. The van der Waals surface area contributed by atoms with Crippen LogP contribution >= 0.6 is 0 Å². The third-order valence-electron chi connectivity index (χ3n) is 1.90. The number of fused-ring (bicyclic) bond motifs is 1. The second-order valence-corrected chi connectivity index (χ2v) is 2.69. The molecule has 0 fully saturated rings. The van der Waals surface area contributed by atoms with Crippen LogP contribution in [-0.2, 0) is 0 Å². The Morgan fingerprint density at radius 2 is 1.83 bits per heavy atom. The van der Waals surface area contributed by atoms with Crippen molar-refractivity contribution in [3.8, 4) is 0 Å². The van der Waals surface area contributed by atoms with E-state index in [1.165, 1.54) is 0 Å². The topological polar surface area (TPSA) is 32.9 Å². The van der Waals surface area contributed by atoms with E-state index in [0.717, 1.165) is 10.9 Å². The number of pyridine rings is 1. The summed E-state index contributed by atoms with van der Waals surface area (Å²) in [5.74, 6) is 0. The number of rotatable bonds is 0. The average molecular weight is 158 g/mol. The van der Waals surface area contributed by atoms with Crippen LogP contribution in [0, 0.1) is 6.92 Å². The van der Waals surface area contributed by atoms with E-state index in [1.54, 1.807) is 12.3 Å². The molecule has 1 heterocycles. The van der Waals surface area contributed by atoms with Crippen molar-refractivity contribution in [2.45, 2.75) is 0 Å². The van der Waals surface area contributed by atoms with E-state index in [0.29, 0.717) is 5.39 Å². The SMILES string of the molecule is [CH2]c1c[nH]c(=O)c2ccccc12. The van der Waals surface area contributed by atoms with Gasteiger partial charge in [0.15, 0.2) is 0 Å². The van der Waals surface area contributed by atoms with Gasteiger partial charge in [0, 0.05) is 11.6 Å². The molecule has 1 radical (unpaired) electrons. The first kappa shape index (κ1) is 7.10. The lowest BCUT2D eigenvalue weighted by Gasteiger charge is -1.98. The van der Waals surface area contributed by atoms with Crippen molar-refractivity contribution < 1.29 is 0 Å². The van der Waals surface area contributed by atoms with Crippen molar-refractivity contribution in [3.63, 3.8) is 0 Å². The van der Waals surface area contributed by atoms with Crippen LogP contribution in [0.5, 0.6) is 0 Å². The van der Waals surface area contributed by atoms with Crippen molar-refractivity contribution in [3.05, 3.63) is 53.3 Å². The fourth-order valence-corrected chi connectivity index (χ4v) is 1.27. The van der Waals surface area contributed by atoms with Gasteiger partial charge in [0.1, 0.15) is 0 Å². The fourth-order valence-electron chi connectivity index (χ4n) is 1.27. The number of benzene rings is 1. The van der Waals surface area contributed by atoms with Gasteiger partial charge in [0.25, 0.3) is 5.56 Å². The standard InChI is InChI=1S/C10H8NO/c1-7-6-11-10(12)9-5-3-2-4-8(7)9/h2-6H,1H2,(H,11,12). The molecule has 59 valence electrons. The maximum absolute atomic E-state index is 11.2. The van der Waals surface area contributed by atoms with Gasteiger partial charge in [-0.1, -0.05) is 18.2 Å². The van der Waals surface area contributed by atoms with Gasteiger partial charge >= 0.3 is 0 Å². The van der Waals surface area contributed by atoms with E-state index in [-0.39, 0.29) is 5.56 Å². The summed E-state index contributed by atoms with van der Waals surface area (Å²) < 4.78 is 0. The van der Waals surface area contributed by atoms with Crippen molar-refractivity contribution in [2.24, 2.45) is 0 Å². The molecule has 12 heavy (non-hydrogen) atoms. The van der Waals surface area contributed by atoms with Crippen molar-refractivity contribution in [2.75, 3.05) is 0 Å². The molecule has 0 unspecified atom stereocenters. The normalized spacial score (nSPS) is 10.4. The number of H-pyrrole nitrogens is 1. The first-order valence-corrected chi connectivity index (χ1v) is 3.71. The number of aromatic nitrogens is 1. The summed E-state index contributed by atoms with van der Waals surface area (Å²) in [6.45, 7) is 3.82.